The van der Waals surface area contributed by atoms with Crippen LogP contribution in [0.1, 0.15) is 49.3 Å². The highest BCUT2D eigenvalue weighted by Gasteiger charge is 2.31. The van der Waals surface area contributed by atoms with Gasteiger partial charge in [-0.3, -0.25) is 0 Å². The predicted molar refractivity (Wildman–Crippen MR) is 106 cm³/mol. The third-order valence-electron chi connectivity index (χ3n) is 4.84. The molecule has 0 amide bonds. The fourth-order valence-electron chi connectivity index (χ4n) is 3.50. The van der Waals surface area contributed by atoms with Gasteiger partial charge in [0.25, 0.3) is 0 Å². The summed E-state index contributed by atoms with van der Waals surface area (Å²) in [4.78, 5) is 11.9. The third kappa shape index (κ3) is 3.71. The number of aryl methyl sites for hydroxylation is 1. The summed E-state index contributed by atoms with van der Waals surface area (Å²) in [7, 11) is 0. The SMILES string of the molecule is CCOCCCNCc1nc2c3c4c(sc3nc(C)n2n1)COC(C)(C)C4. The fraction of sp³-hybridized carbons (Fsp3) is 0.632. The normalized spacial score (nSPS) is 16.3. The predicted octanol–water partition coefficient (Wildman–Crippen LogP) is 3.01. The molecule has 8 heteroatoms. The van der Waals surface area contributed by atoms with Crippen molar-refractivity contribution in [2.75, 3.05) is 19.8 Å². The Balaban J connectivity index is 1.63. The highest BCUT2D eigenvalue weighted by Crippen LogP contribution is 2.39. The molecule has 0 atom stereocenters. The lowest BCUT2D eigenvalue weighted by molar-refractivity contribution is -0.0379. The minimum Gasteiger partial charge on any atom is -0.382 e. The number of rotatable bonds is 7. The van der Waals surface area contributed by atoms with E-state index in [1.165, 1.54) is 10.4 Å². The van der Waals surface area contributed by atoms with Gasteiger partial charge in [0.15, 0.2) is 11.5 Å². The van der Waals surface area contributed by atoms with Crippen molar-refractivity contribution in [3.8, 4) is 0 Å². The lowest BCUT2D eigenvalue weighted by atomic mass is 9.94. The molecule has 0 aliphatic carbocycles. The number of ether oxygens (including phenoxy) is 2. The zero-order valence-corrected chi connectivity index (χ0v) is 17.3. The molecule has 0 aromatic carbocycles. The largest absolute Gasteiger partial charge is 0.382 e. The van der Waals surface area contributed by atoms with Gasteiger partial charge in [0.05, 0.1) is 24.1 Å². The molecule has 3 aromatic rings. The smallest absolute Gasteiger partial charge is 0.168 e. The lowest BCUT2D eigenvalue weighted by Crippen LogP contribution is -2.31. The first kappa shape index (κ1) is 18.7. The topological polar surface area (TPSA) is 73.6 Å². The molecule has 7 nitrogen and oxygen atoms in total. The van der Waals surface area contributed by atoms with Crippen LogP contribution in [0.3, 0.4) is 0 Å². The second-order valence-corrected chi connectivity index (χ2v) is 8.64. The first-order chi connectivity index (χ1) is 13.0. The van der Waals surface area contributed by atoms with Gasteiger partial charge in [0, 0.05) is 24.5 Å². The minimum absolute atomic E-state index is 0.159. The summed E-state index contributed by atoms with van der Waals surface area (Å²) >= 11 is 1.72. The molecule has 4 rings (SSSR count). The molecule has 27 heavy (non-hydrogen) atoms. The maximum atomic E-state index is 5.98. The van der Waals surface area contributed by atoms with E-state index in [2.05, 4.69) is 24.3 Å². The second kappa shape index (κ2) is 7.43. The summed E-state index contributed by atoms with van der Waals surface area (Å²) in [5, 5.41) is 9.23. The molecule has 1 N–H and O–H groups in total. The number of hydrogen-bond acceptors (Lipinski definition) is 7. The van der Waals surface area contributed by atoms with Crippen LogP contribution in [-0.2, 0) is 29.0 Å². The Labute approximate surface area is 163 Å². The van der Waals surface area contributed by atoms with Crippen molar-refractivity contribution in [2.24, 2.45) is 0 Å². The van der Waals surface area contributed by atoms with E-state index >= 15 is 0 Å². The van der Waals surface area contributed by atoms with Gasteiger partial charge in [0.2, 0.25) is 0 Å². The van der Waals surface area contributed by atoms with E-state index in [-0.39, 0.29) is 5.60 Å². The Bertz CT molecular complexity index is 962. The standard InChI is InChI=1S/C19H27N5O2S/c1-5-25-8-6-7-20-10-15-22-17-16-13-9-19(3,4)26-11-14(13)27-18(16)21-12(2)24(17)23-15/h20H,5-11H2,1-4H3. The molecule has 0 saturated carbocycles. The van der Waals surface area contributed by atoms with Crippen molar-refractivity contribution in [1.82, 2.24) is 24.9 Å². The Morgan fingerprint density at radius 2 is 2.19 bits per heavy atom. The zero-order chi connectivity index (χ0) is 19.0. The van der Waals surface area contributed by atoms with Crippen molar-refractivity contribution in [3.63, 3.8) is 0 Å². The van der Waals surface area contributed by atoms with E-state index in [1.54, 1.807) is 11.3 Å². The number of thiophene rings is 1. The molecule has 0 saturated heterocycles. The molecular weight excluding hydrogens is 362 g/mol. The van der Waals surface area contributed by atoms with Crippen LogP contribution in [0.4, 0.5) is 0 Å². The van der Waals surface area contributed by atoms with Gasteiger partial charge in [-0.05, 0) is 46.2 Å². The van der Waals surface area contributed by atoms with Gasteiger partial charge < -0.3 is 14.8 Å². The second-order valence-electron chi connectivity index (χ2n) is 7.56. The molecule has 0 radical (unpaired) electrons. The fourth-order valence-corrected chi connectivity index (χ4v) is 4.65. The highest BCUT2D eigenvalue weighted by molar-refractivity contribution is 7.19. The van der Waals surface area contributed by atoms with Crippen LogP contribution in [0.15, 0.2) is 0 Å². The third-order valence-corrected chi connectivity index (χ3v) is 5.94. The molecule has 0 fully saturated rings. The van der Waals surface area contributed by atoms with Crippen molar-refractivity contribution >= 4 is 27.2 Å². The van der Waals surface area contributed by atoms with E-state index < -0.39 is 0 Å². The van der Waals surface area contributed by atoms with Crippen LogP contribution < -0.4 is 5.32 Å². The van der Waals surface area contributed by atoms with Gasteiger partial charge in [-0.25, -0.2) is 9.97 Å². The summed E-state index contributed by atoms with van der Waals surface area (Å²) in [5.74, 6) is 1.67. The molecule has 1 aliphatic rings. The van der Waals surface area contributed by atoms with Crippen LogP contribution in [0.5, 0.6) is 0 Å². The summed E-state index contributed by atoms with van der Waals surface area (Å²) in [6, 6.07) is 0. The average molecular weight is 390 g/mol. The summed E-state index contributed by atoms with van der Waals surface area (Å²) in [5.41, 5.74) is 2.08. The average Bonchev–Trinajstić information content (AvgIpc) is 3.18. The monoisotopic (exact) mass is 389 g/mol. The quantitative estimate of drug-likeness (QED) is 0.626. The minimum atomic E-state index is -0.159. The summed E-state index contributed by atoms with van der Waals surface area (Å²) < 4.78 is 13.2. The maximum Gasteiger partial charge on any atom is 0.168 e. The number of fused-ring (bicyclic) bond motifs is 5. The number of aromatic nitrogens is 4. The van der Waals surface area contributed by atoms with Gasteiger partial charge in [-0.15, -0.1) is 16.4 Å². The first-order valence-electron chi connectivity index (χ1n) is 9.57. The lowest BCUT2D eigenvalue weighted by Gasteiger charge is -2.30. The Hall–Kier alpha value is -1.61. The highest BCUT2D eigenvalue weighted by atomic mass is 32.1. The number of hydrogen-bond donors (Lipinski definition) is 1. The maximum absolute atomic E-state index is 5.98. The van der Waals surface area contributed by atoms with E-state index in [1.807, 2.05) is 18.4 Å². The van der Waals surface area contributed by atoms with E-state index in [0.29, 0.717) is 13.2 Å². The van der Waals surface area contributed by atoms with Gasteiger partial charge >= 0.3 is 0 Å². The van der Waals surface area contributed by atoms with Gasteiger partial charge in [-0.1, -0.05) is 0 Å². The van der Waals surface area contributed by atoms with E-state index in [4.69, 9.17) is 19.4 Å². The van der Waals surface area contributed by atoms with E-state index in [0.717, 1.165) is 60.1 Å². The van der Waals surface area contributed by atoms with Crippen molar-refractivity contribution < 1.29 is 9.47 Å². The molecule has 4 heterocycles. The Kier molecular flexibility index (Phi) is 5.15. The molecule has 146 valence electrons. The Morgan fingerprint density at radius 1 is 1.33 bits per heavy atom. The Morgan fingerprint density at radius 3 is 3.00 bits per heavy atom. The number of nitrogens with one attached hydrogen (secondary N) is 1. The van der Waals surface area contributed by atoms with Crippen LogP contribution in [-0.4, -0.2) is 44.9 Å². The van der Waals surface area contributed by atoms with Crippen LogP contribution in [0, 0.1) is 6.92 Å². The summed E-state index contributed by atoms with van der Waals surface area (Å²) in [6.07, 6.45) is 1.86. The van der Waals surface area contributed by atoms with Crippen LogP contribution in [0.25, 0.3) is 15.9 Å². The van der Waals surface area contributed by atoms with Crippen molar-refractivity contribution in [3.05, 3.63) is 22.1 Å². The van der Waals surface area contributed by atoms with Gasteiger partial charge in [-0.2, -0.15) is 4.52 Å². The molecule has 1 aliphatic heterocycles. The van der Waals surface area contributed by atoms with E-state index in [9.17, 15) is 0 Å². The molecular formula is C19H27N5O2S. The van der Waals surface area contributed by atoms with Gasteiger partial charge in [0.1, 0.15) is 10.7 Å². The van der Waals surface area contributed by atoms with Crippen LogP contribution in [0.2, 0.25) is 0 Å². The summed E-state index contributed by atoms with van der Waals surface area (Å²) in [6.45, 7) is 12.0. The number of nitrogens with zero attached hydrogens (tertiary/aromatic N) is 4. The molecule has 0 unspecified atom stereocenters. The van der Waals surface area contributed by atoms with Crippen molar-refractivity contribution in [1.29, 1.82) is 0 Å². The molecule has 3 aromatic heterocycles. The zero-order valence-electron chi connectivity index (χ0n) is 16.5. The molecule has 0 spiro atoms. The molecule has 0 bridgehead atoms. The van der Waals surface area contributed by atoms with Crippen molar-refractivity contribution in [2.45, 2.75) is 59.3 Å². The van der Waals surface area contributed by atoms with Crippen LogP contribution >= 0.6 is 11.3 Å². The first-order valence-corrected chi connectivity index (χ1v) is 10.4.